The molecule has 0 aromatic carbocycles. The van der Waals surface area contributed by atoms with Crippen molar-refractivity contribution in [3.05, 3.63) is 5.01 Å². The summed E-state index contributed by atoms with van der Waals surface area (Å²) < 4.78 is 36.5. The lowest BCUT2D eigenvalue weighted by molar-refractivity contribution is -0.138. The summed E-state index contributed by atoms with van der Waals surface area (Å²) in [6.07, 6.45) is -2.67. The highest BCUT2D eigenvalue weighted by atomic mass is 32.1. The van der Waals surface area contributed by atoms with E-state index in [9.17, 15) is 13.2 Å². The summed E-state index contributed by atoms with van der Waals surface area (Å²) in [5, 5.41) is 8.40. The van der Waals surface area contributed by atoms with Gasteiger partial charge in [0.05, 0.1) is 0 Å². The van der Waals surface area contributed by atoms with Crippen LogP contribution >= 0.6 is 11.3 Å². The van der Waals surface area contributed by atoms with Crippen LogP contribution in [0, 0.1) is 0 Å². The summed E-state index contributed by atoms with van der Waals surface area (Å²) >= 11 is 0.486. The zero-order valence-corrected chi connectivity index (χ0v) is 9.53. The Labute approximate surface area is 95.1 Å². The molecular weight excluding hydrogens is 241 g/mol. The Morgan fingerprint density at radius 2 is 2.12 bits per heavy atom. The van der Waals surface area contributed by atoms with Gasteiger partial charge in [0, 0.05) is 12.6 Å². The van der Waals surface area contributed by atoms with Crippen LogP contribution in [0.15, 0.2) is 0 Å². The van der Waals surface area contributed by atoms with Gasteiger partial charge in [0.25, 0.3) is 0 Å². The Balaban J connectivity index is 2.47. The summed E-state index contributed by atoms with van der Waals surface area (Å²) in [5.74, 6) is 0. The fourth-order valence-electron chi connectivity index (χ4n) is 1.10. The van der Waals surface area contributed by atoms with Crippen molar-refractivity contribution in [2.75, 3.05) is 11.9 Å². The monoisotopic (exact) mass is 254 g/mol. The van der Waals surface area contributed by atoms with Gasteiger partial charge in [-0.1, -0.05) is 24.7 Å². The van der Waals surface area contributed by atoms with Gasteiger partial charge in [-0.3, -0.25) is 0 Å². The van der Waals surface area contributed by atoms with Crippen LogP contribution in [0.1, 0.15) is 24.8 Å². The van der Waals surface area contributed by atoms with Crippen molar-refractivity contribution in [1.29, 1.82) is 0 Å². The molecule has 0 radical (unpaired) electrons. The van der Waals surface area contributed by atoms with E-state index in [1.165, 1.54) is 0 Å². The van der Waals surface area contributed by atoms with Crippen molar-refractivity contribution in [2.24, 2.45) is 5.73 Å². The van der Waals surface area contributed by atoms with Crippen LogP contribution in [0.4, 0.5) is 18.3 Å². The maximum atomic E-state index is 12.2. The topological polar surface area (TPSA) is 63.8 Å². The Morgan fingerprint density at radius 1 is 1.44 bits per heavy atom. The van der Waals surface area contributed by atoms with Crippen LogP contribution in [-0.2, 0) is 6.18 Å². The highest BCUT2D eigenvalue weighted by molar-refractivity contribution is 7.15. The molecule has 0 aliphatic carbocycles. The number of alkyl halides is 3. The van der Waals surface area contributed by atoms with Gasteiger partial charge in [0.1, 0.15) is 0 Å². The van der Waals surface area contributed by atoms with E-state index in [1.54, 1.807) is 0 Å². The lowest BCUT2D eigenvalue weighted by Gasteiger charge is -2.09. The molecule has 3 N–H and O–H groups in total. The van der Waals surface area contributed by atoms with Crippen molar-refractivity contribution in [2.45, 2.75) is 32.0 Å². The molecule has 0 fully saturated rings. The van der Waals surface area contributed by atoms with Gasteiger partial charge in [0.15, 0.2) is 0 Å². The largest absolute Gasteiger partial charge is 0.445 e. The molecule has 0 saturated carbocycles. The first kappa shape index (κ1) is 13.2. The molecule has 1 rings (SSSR count). The van der Waals surface area contributed by atoms with Gasteiger partial charge in [-0.25, -0.2) is 0 Å². The Kier molecular flexibility index (Phi) is 4.48. The molecule has 4 nitrogen and oxygen atoms in total. The average molecular weight is 254 g/mol. The number of aromatic nitrogens is 2. The molecule has 92 valence electrons. The first-order chi connectivity index (χ1) is 7.43. The minimum atomic E-state index is -4.43. The van der Waals surface area contributed by atoms with Gasteiger partial charge in [-0.2, -0.15) is 13.2 Å². The minimum absolute atomic E-state index is 0.0803. The van der Waals surface area contributed by atoms with E-state index in [0.717, 1.165) is 12.8 Å². The normalized spacial score (nSPS) is 13.8. The second kappa shape index (κ2) is 5.44. The zero-order valence-electron chi connectivity index (χ0n) is 8.71. The minimum Gasteiger partial charge on any atom is -0.359 e. The molecule has 0 saturated heterocycles. The summed E-state index contributed by atoms with van der Waals surface area (Å²) in [6, 6.07) is -0.0803. The molecule has 0 aliphatic rings. The second-order valence-corrected chi connectivity index (χ2v) is 4.32. The highest BCUT2D eigenvalue weighted by Crippen LogP contribution is 2.32. The molecule has 1 aromatic rings. The standard InChI is InChI=1S/C8H13F3N4S/c1-2-3-5(12)4-13-7-15-14-6(16-7)8(9,10)11/h5H,2-4,12H2,1H3,(H,13,15). The van der Waals surface area contributed by atoms with Crippen LogP contribution in [0.2, 0.25) is 0 Å². The first-order valence-corrected chi connectivity index (χ1v) is 5.65. The Morgan fingerprint density at radius 3 is 2.62 bits per heavy atom. The van der Waals surface area contributed by atoms with Crippen LogP contribution in [0.3, 0.4) is 0 Å². The summed E-state index contributed by atoms with van der Waals surface area (Å²) in [4.78, 5) is 0. The Bertz CT molecular complexity index is 325. The smallest absolute Gasteiger partial charge is 0.359 e. The lowest BCUT2D eigenvalue weighted by Crippen LogP contribution is -2.28. The number of nitrogens with one attached hydrogen (secondary N) is 1. The summed E-state index contributed by atoms with van der Waals surface area (Å²) in [5.41, 5.74) is 5.70. The number of nitrogens with zero attached hydrogens (tertiary/aromatic N) is 2. The van der Waals surface area contributed by atoms with E-state index < -0.39 is 11.2 Å². The molecular formula is C8H13F3N4S. The number of nitrogens with two attached hydrogens (primary N) is 1. The molecule has 1 unspecified atom stereocenters. The van der Waals surface area contributed by atoms with Crippen molar-refractivity contribution < 1.29 is 13.2 Å². The van der Waals surface area contributed by atoms with Crippen LogP contribution in [0.5, 0.6) is 0 Å². The van der Waals surface area contributed by atoms with E-state index in [2.05, 4.69) is 15.5 Å². The van der Waals surface area contributed by atoms with Crippen molar-refractivity contribution in [1.82, 2.24) is 10.2 Å². The van der Waals surface area contributed by atoms with Crippen molar-refractivity contribution >= 4 is 16.5 Å². The van der Waals surface area contributed by atoms with Gasteiger partial charge in [-0.15, -0.1) is 10.2 Å². The SMILES string of the molecule is CCCC(N)CNc1nnc(C(F)(F)F)s1. The van der Waals surface area contributed by atoms with E-state index in [4.69, 9.17) is 5.73 Å². The Hall–Kier alpha value is -0.890. The fraction of sp³-hybridized carbons (Fsp3) is 0.750. The molecule has 8 heteroatoms. The van der Waals surface area contributed by atoms with Gasteiger partial charge < -0.3 is 11.1 Å². The third-order valence-corrected chi connectivity index (χ3v) is 2.77. The number of rotatable bonds is 5. The molecule has 1 heterocycles. The van der Waals surface area contributed by atoms with Crippen LogP contribution in [-0.4, -0.2) is 22.8 Å². The van der Waals surface area contributed by atoms with E-state index >= 15 is 0 Å². The van der Waals surface area contributed by atoms with Gasteiger partial charge >= 0.3 is 6.18 Å². The maximum absolute atomic E-state index is 12.2. The van der Waals surface area contributed by atoms with E-state index in [-0.39, 0.29) is 11.2 Å². The lowest BCUT2D eigenvalue weighted by atomic mass is 10.2. The van der Waals surface area contributed by atoms with E-state index in [0.29, 0.717) is 17.9 Å². The molecule has 1 atom stereocenters. The predicted molar refractivity (Wildman–Crippen MR) is 56.3 cm³/mol. The molecule has 1 aromatic heterocycles. The highest BCUT2D eigenvalue weighted by Gasteiger charge is 2.35. The fourth-order valence-corrected chi connectivity index (χ4v) is 1.72. The summed E-state index contributed by atoms with van der Waals surface area (Å²) in [6.45, 7) is 2.40. The third kappa shape index (κ3) is 3.93. The quantitative estimate of drug-likeness (QED) is 0.844. The predicted octanol–water partition coefficient (Wildman–Crippen LogP) is 2.10. The van der Waals surface area contributed by atoms with Gasteiger partial charge in [0.2, 0.25) is 10.1 Å². The van der Waals surface area contributed by atoms with Crippen LogP contribution in [0.25, 0.3) is 0 Å². The average Bonchev–Trinajstić information content (AvgIpc) is 2.63. The van der Waals surface area contributed by atoms with Crippen molar-refractivity contribution in [3.63, 3.8) is 0 Å². The summed E-state index contributed by atoms with van der Waals surface area (Å²) in [7, 11) is 0. The number of halogens is 3. The number of hydrogen-bond donors (Lipinski definition) is 2. The molecule has 16 heavy (non-hydrogen) atoms. The number of hydrogen-bond acceptors (Lipinski definition) is 5. The molecule has 0 bridgehead atoms. The second-order valence-electron chi connectivity index (χ2n) is 3.34. The molecule has 0 amide bonds. The first-order valence-electron chi connectivity index (χ1n) is 4.83. The zero-order chi connectivity index (χ0) is 12.2. The molecule has 0 aliphatic heterocycles. The molecule has 0 spiro atoms. The van der Waals surface area contributed by atoms with Crippen molar-refractivity contribution in [3.8, 4) is 0 Å². The third-order valence-electron chi connectivity index (χ3n) is 1.84. The number of anilines is 1. The van der Waals surface area contributed by atoms with Gasteiger partial charge in [-0.05, 0) is 6.42 Å². The maximum Gasteiger partial charge on any atom is 0.445 e. The van der Waals surface area contributed by atoms with E-state index in [1.807, 2.05) is 6.92 Å². The van der Waals surface area contributed by atoms with Crippen LogP contribution < -0.4 is 11.1 Å².